The summed E-state index contributed by atoms with van der Waals surface area (Å²) in [7, 11) is 3.17. The van der Waals surface area contributed by atoms with E-state index in [4.69, 9.17) is 9.47 Å². The van der Waals surface area contributed by atoms with Crippen LogP contribution in [0.3, 0.4) is 0 Å². The second-order valence-electron chi connectivity index (χ2n) is 6.96. The average molecular weight is 397 g/mol. The van der Waals surface area contributed by atoms with Crippen molar-refractivity contribution in [2.24, 2.45) is 0 Å². The highest BCUT2D eigenvalue weighted by molar-refractivity contribution is 5.88. The Balaban J connectivity index is 1.61. The van der Waals surface area contributed by atoms with Crippen molar-refractivity contribution in [2.45, 2.75) is 25.6 Å². The first-order chi connectivity index (χ1) is 14.1. The van der Waals surface area contributed by atoms with E-state index in [9.17, 15) is 9.59 Å². The Kier molecular flexibility index (Phi) is 7.08. The zero-order valence-electron chi connectivity index (χ0n) is 16.8. The van der Waals surface area contributed by atoms with E-state index in [-0.39, 0.29) is 18.2 Å². The molecule has 2 aromatic rings. The average Bonchev–Trinajstić information content (AvgIpc) is 2.75. The highest BCUT2D eigenvalue weighted by Crippen LogP contribution is 2.22. The molecule has 0 unspecified atom stereocenters. The van der Waals surface area contributed by atoms with E-state index in [1.54, 1.807) is 20.3 Å². The molecule has 2 amide bonds. The first kappa shape index (κ1) is 20.7. The lowest BCUT2D eigenvalue weighted by atomic mass is 10.1. The van der Waals surface area contributed by atoms with E-state index in [0.717, 1.165) is 11.1 Å². The molecule has 0 radical (unpaired) electrons. The van der Waals surface area contributed by atoms with Gasteiger partial charge in [-0.05, 0) is 23.3 Å². The minimum absolute atomic E-state index is 0.106. The Morgan fingerprint density at radius 3 is 2.45 bits per heavy atom. The molecular formula is C22H27N3O4. The maximum atomic E-state index is 12.6. The van der Waals surface area contributed by atoms with Crippen molar-refractivity contribution in [1.82, 2.24) is 15.5 Å². The number of nitrogens with one attached hydrogen (secondary N) is 2. The zero-order valence-corrected chi connectivity index (χ0v) is 16.8. The Hall–Kier alpha value is -3.06. The molecule has 0 aliphatic carbocycles. The van der Waals surface area contributed by atoms with Crippen LogP contribution < -0.4 is 20.1 Å². The van der Waals surface area contributed by atoms with Crippen LogP contribution in [-0.4, -0.2) is 50.1 Å². The summed E-state index contributed by atoms with van der Waals surface area (Å²) in [4.78, 5) is 27.0. The predicted molar refractivity (Wildman–Crippen MR) is 110 cm³/mol. The van der Waals surface area contributed by atoms with E-state index >= 15 is 0 Å². The summed E-state index contributed by atoms with van der Waals surface area (Å²) in [5.41, 5.74) is 1.99. The molecule has 7 heteroatoms. The van der Waals surface area contributed by atoms with E-state index < -0.39 is 6.04 Å². The number of rotatable bonds is 8. The predicted octanol–water partition coefficient (Wildman–Crippen LogP) is 1.71. The number of methoxy groups -OCH3 is 2. The maximum Gasteiger partial charge on any atom is 0.237 e. The minimum Gasteiger partial charge on any atom is -0.497 e. The fraction of sp³-hybridized carbons (Fsp3) is 0.364. The number of hydrogen-bond donors (Lipinski definition) is 2. The van der Waals surface area contributed by atoms with E-state index in [1.165, 1.54) is 0 Å². The summed E-state index contributed by atoms with van der Waals surface area (Å²) in [6.45, 7) is 2.28. The molecule has 1 fully saturated rings. The molecule has 1 atom stereocenters. The van der Waals surface area contributed by atoms with Crippen molar-refractivity contribution in [3.8, 4) is 11.5 Å². The summed E-state index contributed by atoms with van der Waals surface area (Å²) in [5, 5.41) is 5.76. The molecule has 0 bridgehead atoms. The summed E-state index contributed by atoms with van der Waals surface area (Å²) >= 11 is 0. The Labute approximate surface area is 171 Å². The van der Waals surface area contributed by atoms with Crippen LogP contribution in [0.2, 0.25) is 0 Å². The molecule has 0 aromatic heterocycles. The number of piperazine rings is 1. The number of amides is 2. The van der Waals surface area contributed by atoms with Crippen LogP contribution in [0.1, 0.15) is 17.5 Å². The van der Waals surface area contributed by atoms with E-state index in [0.29, 0.717) is 37.7 Å². The largest absolute Gasteiger partial charge is 0.497 e. The normalized spacial score (nSPS) is 16.8. The van der Waals surface area contributed by atoms with Crippen molar-refractivity contribution < 1.29 is 19.1 Å². The Morgan fingerprint density at radius 1 is 1.10 bits per heavy atom. The summed E-state index contributed by atoms with van der Waals surface area (Å²) < 4.78 is 10.5. The Bertz CT molecular complexity index is 819. The lowest BCUT2D eigenvalue weighted by Crippen LogP contribution is -2.56. The number of nitrogens with zero attached hydrogens (tertiary/aromatic N) is 1. The van der Waals surface area contributed by atoms with Crippen LogP contribution in [0.15, 0.2) is 48.5 Å². The molecule has 2 N–H and O–H groups in total. The first-order valence-electron chi connectivity index (χ1n) is 9.63. The van der Waals surface area contributed by atoms with Crippen LogP contribution in [0.5, 0.6) is 11.5 Å². The van der Waals surface area contributed by atoms with Crippen LogP contribution in [0.4, 0.5) is 0 Å². The number of ether oxygens (including phenoxy) is 2. The highest BCUT2D eigenvalue weighted by atomic mass is 16.5. The Morgan fingerprint density at radius 2 is 1.79 bits per heavy atom. The lowest BCUT2D eigenvalue weighted by molar-refractivity contribution is -0.134. The van der Waals surface area contributed by atoms with Gasteiger partial charge in [-0.15, -0.1) is 0 Å². The number of benzene rings is 2. The van der Waals surface area contributed by atoms with Gasteiger partial charge in [-0.25, -0.2) is 0 Å². The quantitative estimate of drug-likeness (QED) is 0.709. The summed E-state index contributed by atoms with van der Waals surface area (Å²) in [6, 6.07) is 15.0. The molecule has 0 spiro atoms. The second-order valence-corrected chi connectivity index (χ2v) is 6.96. The third-order valence-corrected chi connectivity index (χ3v) is 4.95. The zero-order chi connectivity index (χ0) is 20.6. The molecule has 1 aliphatic rings. The number of carbonyl (C=O) groups is 2. The van der Waals surface area contributed by atoms with E-state index in [2.05, 4.69) is 15.5 Å². The van der Waals surface area contributed by atoms with Gasteiger partial charge in [0.1, 0.15) is 11.5 Å². The van der Waals surface area contributed by atoms with E-state index in [1.807, 2.05) is 42.5 Å². The van der Waals surface area contributed by atoms with Gasteiger partial charge in [-0.3, -0.25) is 14.5 Å². The van der Waals surface area contributed by atoms with Gasteiger partial charge in [0.25, 0.3) is 0 Å². The molecule has 29 heavy (non-hydrogen) atoms. The van der Waals surface area contributed by atoms with Crippen molar-refractivity contribution in [1.29, 1.82) is 0 Å². The van der Waals surface area contributed by atoms with Gasteiger partial charge in [0, 0.05) is 32.2 Å². The molecule has 154 valence electrons. The van der Waals surface area contributed by atoms with Crippen LogP contribution in [-0.2, 0) is 22.7 Å². The first-order valence-corrected chi connectivity index (χ1v) is 9.63. The van der Waals surface area contributed by atoms with Gasteiger partial charge in [0.15, 0.2) is 0 Å². The topological polar surface area (TPSA) is 79.9 Å². The minimum atomic E-state index is -0.483. The van der Waals surface area contributed by atoms with Gasteiger partial charge in [0.2, 0.25) is 11.8 Å². The van der Waals surface area contributed by atoms with Crippen LogP contribution >= 0.6 is 0 Å². The molecule has 2 aromatic carbocycles. The molecular weight excluding hydrogens is 370 g/mol. The van der Waals surface area contributed by atoms with Crippen LogP contribution in [0, 0.1) is 0 Å². The number of hydrogen-bond acceptors (Lipinski definition) is 5. The molecule has 7 nitrogen and oxygen atoms in total. The lowest BCUT2D eigenvalue weighted by Gasteiger charge is -2.34. The molecule has 1 heterocycles. The van der Waals surface area contributed by atoms with Crippen molar-refractivity contribution in [2.75, 3.05) is 27.3 Å². The van der Waals surface area contributed by atoms with Gasteiger partial charge in [0.05, 0.1) is 26.7 Å². The van der Waals surface area contributed by atoms with Crippen LogP contribution in [0.25, 0.3) is 0 Å². The molecule has 1 saturated heterocycles. The monoisotopic (exact) mass is 397 g/mol. The maximum absolute atomic E-state index is 12.6. The van der Waals surface area contributed by atoms with Crippen molar-refractivity contribution in [3.63, 3.8) is 0 Å². The fourth-order valence-corrected chi connectivity index (χ4v) is 3.41. The van der Waals surface area contributed by atoms with Gasteiger partial charge >= 0.3 is 0 Å². The summed E-state index contributed by atoms with van der Waals surface area (Å²) in [6.07, 6.45) is 0.111. The third kappa shape index (κ3) is 5.71. The van der Waals surface area contributed by atoms with Gasteiger partial charge < -0.3 is 20.1 Å². The molecule has 0 saturated carbocycles. The van der Waals surface area contributed by atoms with Gasteiger partial charge in [-0.1, -0.05) is 30.3 Å². The molecule has 1 aliphatic heterocycles. The highest BCUT2D eigenvalue weighted by Gasteiger charge is 2.31. The smallest absolute Gasteiger partial charge is 0.237 e. The SMILES string of the molecule is COc1cc(CNC(=O)C[C@H]2C(=O)NCCN2Cc2ccccc2)cc(OC)c1. The second kappa shape index (κ2) is 9.93. The third-order valence-electron chi connectivity index (χ3n) is 4.95. The standard InChI is InChI=1S/C22H27N3O4/c1-28-18-10-17(11-19(12-18)29-2)14-24-21(26)13-20-22(27)23-8-9-25(20)15-16-6-4-3-5-7-16/h3-7,10-12,20H,8-9,13-15H2,1-2H3,(H,23,27)(H,24,26)/t20-/m0/s1. The fourth-order valence-electron chi connectivity index (χ4n) is 3.41. The van der Waals surface area contributed by atoms with Crippen molar-refractivity contribution >= 4 is 11.8 Å². The number of carbonyl (C=O) groups excluding carboxylic acids is 2. The summed E-state index contributed by atoms with van der Waals surface area (Å²) in [5.74, 6) is 1.04. The molecule has 3 rings (SSSR count). The van der Waals surface area contributed by atoms with Crippen molar-refractivity contribution in [3.05, 3.63) is 59.7 Å². The van der Waals surface area contributed by atoms with Gasteiger partial charge in [-0.2, -0.15) is 0 Å².